The molecule has 0 saturated heterocycles. The van der Waals surface area contributed by atoms with E-state index in [1.165, 1.54) is 74.5 Å². The maximum atomic E-state index is 11.3. The van der Waals surface area contributed by atoms with Crippen LogP contribution in [-0.4, -0.2) is 40.9 Å². The Balaban J connectivity index is 0.000000285. The second-order valence-electron chi connectivity index (χ2n) is 42.1. The second-order valence-corrected chi connectivity index (χ2v) is 42.8. The van der Waals surface area contributed by atoms with Gasteiger partial charge in [-0.3, -0.25) is 0 Å². The summed E-state index contributed by atoms with van der Waals surface area (Å²) in [5.41, 5.74) is 22.5. The second kappa shape index (κ2) is 37.6. The Morgan fingerprint density at radius 2 is 0.530 bits per heavy atom. The van der Waals surface area contributed by atoms with Crippen molar-refractivity contribution in [3.8, 4) is 46.0 Å². The molecule has 1 atom stereocenters. The molecular weight excluding hydrogens is 1430 g/mol. The molecule has 0 aliphatic heterocycles. The maximum absolute atomic E-state index is 11.3. The van der Waals surface area contributed by atoms with Gasteiger partial charge in [-0.2, -0.15) is 12.6 Å². The Morgan fingerprint density at radius 1 is 0.270 bits per heavy atom. The average molecular weight is 1590 g/mol. The van der Waals surface area contributed by atoms with Gasteiger partial charge < -0.3 is 40.9 Å². The maximum Gasteiger partial charge on any atom is 0.122 e. The van der Waals surface area contributed by atoms with Gasteiger partial charge in [0.1, 0.15) is 46.0 Å². The number of hydrogen-bond acceptors (Lipinski definition) is 9. The van der Waals surface area contributed by atoms with Crippen LogP contribution in [0.3, 0.4) is 0 Å². The average Bonchev–Trinajstić information content (AvgIpc) is 0.730. The summed E-state index contributed by atoms with van der Waals surface area (Å²) in [5, 5.41) is 88.2. The highest BCUT2D eigenvalue weighted by molar-refractivity contribution is 7.81. The van der Waals surface area contributed by atoms with Crippen LogP contribution in [0.25, 0.3) is 0 Å². The fraction of sp³-hybridized carbons (Fsp3) is 0.547. The van der Waals surface area contributed by atoms with Gasteiger partial charge in [0.2, 0.25) is 0 Å². The van der Waals surface area contributed by atoms with E-state index in [2.05, 4.69) is 231 Å². The van der Waals surface area contributed by atoms with E-state index in [1.54, 1.807) is 0 Å². The molecular formula is C106H154O8S. The van der Waals surface area contributed by atoms with Gasteiger partial charge in [0.25, 0.3) is 0 Å². The van der Waals surface area contributed by atoms with E-state index in [0.717, 1.165) is 143 Å². The summed E-state index contributed by atoms with van der Waals surface area (Å²) in [7, 11) is 0. The van der Waals surface area contributed by atoms with Gasteiger partial charge in [-0.25, -0.2) is 0 Å². The monoisotopic (exact) mass is 1590 g/mol. The standard InChI is InChI=1S/C49H76O3S.C31H40O3.C26H38O2/c1-15-16-17-18-19-20-21-22-23-24-25-48(14,36-29-39(45(5,6)7)42(50)26-33(36)2)32-49(53,37-30-40(46(8,9)10)43(51)27-34(37)3)38-31-41(47(11,12)13)44(52)28-35(38)4;1-18-10-21(16-23-12-19(2)14-25(28(23)33)30(4,5)6)27(32)22(11-18)17-24-13-20(3)15-26(29(24)34)31(7,8)9;1-10-11-18(19-14-21(25(4,5)6)23(27)12-16(19)2)20-15-22(26(7,8)9)24(28)13-17(20)3/h26-31,50-53H,15-25,32H2,1-14H3;10-15,32-34H,16-17H2,1-9H3;12-15,18,27-28H,10-11H2,1-9H3. The van der Waals surface area contributed by atoms with Crippen molar-refractivity contribution in [2.45, 2.75) is 378 Å². The van der Waals surface area contributed by atoms with Gasteiger partial charge in [-0.1, -0.05) is 308 Å². The van der Waals surface area contributed by atoms with Crippen molar-refractivity contribution < 1.29 is 40.9 Å². The zero-order valence-electron chi connectivity index (χ0n) is 77.7. The normalized spacial score (nSPS) is 13.2. The Morgan fingerprint density at radius 3 is 0.835 bits per heavy atom. The largest absolute Gasteiger partial charge is 0.508 e. The summed E-state index contributed by atoms with van der Waals surface area (Å²) in [6, 6.07) is 32.8. The molecule has 0 saturated carbocycles. The molecule has 1 unspecified atom stereocenters. The first-order chi connectivity index (χ1) is 52.7. The smallest absolute Gasteiger partial charge is 0.122 e. The zero-order chi connectivity index (χ0) is 87.2. The van der Waals surface area contributed by atoms with Crippen LogP contribution >= 0.6 is 12.6 Å². The van der Waals surface area contributed by atoms with E-state index in [1.807, 2.05) is 87.5 Å². The molecule has 0 aromatic heterocycles. The van der Waals surface area contributed by atoms with Crippen LogP contribution in [0.1, 0.15) is 396 Å². The zero-order valence-corrected chi connectivity index (χ0v) is 78.5. The predicted molar refractivity (Wildman–Crippen MR) is 494 cm³/mol. The minimum Gasteiger partial charge on any atom is -0.508 e. The lowest BCUT2D eigenvalue weighted by atomic mass is 9.65. The molecule has 115 heavy (non-hydrogen) atoms. The molecule has 8 aromatic carbocycles. The number of phenols is 8. The van der Waals surface area contributed by atoms with Crippen molar-refractivity contribution in [2.24, 2.45) is 0 Å². The number of aryl methyl sites for hydroxylation is 8. The summed E-state index contributed by atoms with van der Waals surface area (Å²) in [6.07, 6.45) is 17.5. The third-order valence-corrected chi connectivity index (χ3v) is 24.5. The van der Waals surface area contributed by atoms with E-state index in [9.17, 15) is 40.9 Å². The fourth-order valence-electron chi connectivity index (χ4n) is 17.5. The highest BCUT2D eigenvalue weighted by Crippen LogP contribution is 2.55. The van der Waals surface area contributed by atoms with Crippen LogP contribution in [0.15, 0.2) is 97.1 Å². The number of unbranched alkanes of at least 4 members (excludes halogenated alkanes) is 9. The molecule has 0 aliphatic carbocycles. The van der Waals surface area contributed by atoms with Crippen molar-refractivity contribution in [3.05, 3.63) is 231 Å². The van der Waals surface area contributed by atoms with Crippen LogP contribution in [0.2, 0.25) is 0 Å². The van der Waals surface area contributed by atoms with Gasteiger partial charge in [0.15, 0.2) is 0 Å². The van der Waals surface area contributed by atoms with Crippen molar-refractivity contribution in [3.63, 3.8) is 0 Å². The van der Waals surface area contributed by atoms with E-state index < -0.39 is 4.75 Å². The van der Waals surface area contributed by atoms with Crippen LogP contribution in [0.4, 0.5) is 0 Å². The number of rotatable bonds is 24. The summed E-state index contributed by atoms with van der Waals surface area (Å²) >= 11 is 5.89. The lowest BCUT2D eigenvalue weighted by Gasteiger charge is -2.44. The minimum absolute atomic E-state index is 0.121. The molecule has 9 heteroatoms. The molecule has 8 rings (SSSR count). The van der Waals surface area contributed by atoms with E-state index in [0.29, 0.717) is 59.5 Å². The number of phenolic OH excluding ortho intramolecular Hbond substituents is 8. The third kappa shape index (κ3) is 24.4. The first kappa shape index (κ1) is 96.3. The van der Waals surface area contributed by atoms with E-state index >= 15 is 0 Å². The molecule has 0 spiro atoms. The fourth-order valence-corrected chi connectivity index (χ4v) is 18.3. The number of hydrogen-bond donors (Lipinski definition) is 9. The molecule has 0 heterocycles. The number of thiol groups is 1. The van der Waals surface area contributed by atoms with Crippen molar-refractivity contribution in [1.29, 1.82) is 0 Å². The number of benzene rings is 8. The van der Waals surface area contributed by atoms with Gasteiger partial charge in [0, 0.05) is 18.8 Å². The van der Waals surface area contributed by atoms with Gasteiger partial charge >= 0.3 is 0 Å². The topological polar surface area (TPSA) is 162 Å². The van der Waals surface area contributed by atoms with Crippen LogP contribution in [0.5, 0.6) is 46.0 Å². The number of aromatic hydroxyl groups is 8. The van der Waals surface area contributed by atoms with Crippen molar-refractivity contribution in [1.82, 2.24) is 0 Å². The van der Waals surface area contributed by atoms with Crippen LogP contribution in [-0.2, 0) is 60.9 Å². The van der Waals surface area contributed by atoms with E-state index in [4.69, 9.17) is 12.6 Å². The quantitative estimate of drug-likeness (QED) is 0.0213. The molecule has 8 nitrogen and oxygen atoms in total. The summed E-state index contributed by atoms with van der Waals surface area (Å²) in [4.78, 5) is 0. The molecule has 0 bridgehead atoms. The molecule has 0 fully saturated rings. The van der Waals surface area contributed by atoms with Crippen molar-refractivity contribution in [2.75, 3.05) is 0 Å². The summed E-state index contributed by atoms with van der Waals surface area (Å²) < 4.78 is -0.783. The lowest BCUT2D eigenvalue weighted by molar-refractivity contribution is 0.346. The van der Waals surface area contributed by atoms with Crippen molar-refractivity contribution >= 4 is 12.6 Å². The summed E-state index contributed by atoms with van der Waals surface area (Å²) in [5.74, 6) is 2.79. The predicted octanol–water partition coefficient (Wildman–Crippen LogP) is 29.2. The van der Waals surface area contributed by atoms with Crippen LogP contribution < -0.4 is 0 Å². The highest BCUT2D eigenvalue weighted by atomic mass is 32.1. The first-order valence-electron chi connectivity index (χ1n) is 43.1. The Kier molecular flexibility index (Phi) is 31.5. The van der Waals surface area contributed by atoms with Gasteiger partial charge in [-0.15, -0.1) is 0 Å². The molecule has 0 radical (unpaired) electrons. The molecule has 0 aliphatic rings. The minimum atomic E-state index is -0.783. The van der Waals surface area contributed by atoms with E-state index in [-0.39, 0.29) is 55.0 Å². The first-order valence-corrected chi connectivity index (χ1v) is 43.6. The highest BCUT2D eigenvalue weighted by Gasteiger charge is 2.44. The SMILES string of the molecule is CCCC(c1cc(C(C)(C)C)c(O)cc1C)c1cc(C(C)(C)C)c(O)cc1C.CCCCCCCCCCCCC(C)(CC(S)(c1cc(C(C)(C)C)c(O)cc1C)c1cc(C(C)(C)C)c(O)cc1C)c1cc(C(C)(C)C)c(O)cc1C.Cc1cc(Cc2cc(C)cc(C(C)(C)C)c2O)c(O)c(Cc2cc(C)cc(C(C)(C)C)c2O)c1. The molecule has 0 amide bonds. The molecule has 8 N–H and O–H groups in total. The molecule has 632 valence electrons. The Labute approximate surface area is 704 Å². The van der Waals surface area contributed by atoms with Crippen LogP contribution in [0, 0.1) is 55.4 Å². The third-order valence-electron chi connectivity index (χ3n) is 23.9. The van der Waals surface area contributed by atoms with Gasteiger partial charge in [-0.05, 0) is 277 Å². The lowest BCUT2D eigenvalue weighted by Crippen LogP contribution is -2.36. The Bertz CT molecular complexity index is 4430. The Hall–Kier alpha value is -7.49. The molecule has 8 aromatic rings. The summed E-state index contributed by atoms with van der Waals surface area (Å²) in [6.45, 7) is 68.3. The van der Waals surface area contributed by atoms with Gasteiger partial charge in [0.05, 0.1) is 4.75 Å².